The molecule has 0 atom stereocenters. The molecule has 158 valence electrons. The number of amides is 2. The Balaban J connectivity index is 1.62. The van der Waals surface area contributed by atoms with E-state index in [9.17, 15) is 13.2 Å². The minimum atomic E-state index is -3.49. The lowest BCUT2D eigenvalue weighted by Crippen LogP contribution is -2.30. The Hall–Kier alpha value is -2.58. The summed E-state index contributed by atoms with van der Waals surface area (Å²) in [7, 11) is 0.377. The summed E-state index contributed by atoms with van der Waals surface area (Å²) in [6, 6.07) is 17.8. The molecule has 0 aliphatic rings. The van der Waals surface area contributed by atoms with Gasteiger partial charge in [0.15, 0.2) is 9.84 Å². The highest BCUT2D eigenvalue weighted by atomic mass is 79.9. The molecule has 0 spiro atoms. The Labute approximate surface area is 185 Å². The lowest BCUT2D eigenvalue weighted by Gasteiger charge is -2.17. The third kappa shape index (κ3) is 5.31. The van der Waals surface area contributed by atoms with E-state index in [4.69, 9.17) is 0 Å². The highest BCUT2D eigenvalue weighted by molar-refractivity contribution is 9.10. The number of benzene rings is 3. The first-order valence-electron chi connectivity index (χ1n) is 9.50. The maximum Gasteiger partial charge on any atom is 0.319 e. The second-order valence-corrected chi connectivity index (χ2v) is 10.1. The number of carbonyl (C=O) groups excluding carboxylic acids is 1. The van der Waals surface area contributed by atoms with E-state index in [1.54, 1.807) is 24.3 Å². The zero-order valence-electron chi connectivity index (χ0n) is 16.9. The number of halogens is 1. The van der Waals surface area contributed by atoms with E-state index in [2.05, 4.69) is 26.6 Å². The summed E-state index contributed by atoms with van der Waals surface area (Å²) < 4.78 is 26.8. The fourth-order valence-electron chi connectivity index (χ4n) is 3.21. The molecule has 30 heavy (non-hydrogen) atoms. The monoisotopic (exact) mass is 489 g/mol. The van der Waals surface area contributed by atoms with Crippen molar-refractivity contribution in [2.24, 2.45) is 0 Å². The molecular weight excluding hydrogens is 466 g/mol. The van der Waals surface area contributed by atoms with Crippen LogP contribution in [0.4, 0.5) is 16.2 Å². The molecule has 3 rings (SSSR count). The highest BCUT2D eigenvalue weighted by Crippen LogP contribution is 2.30. The maximum absolute atomic E-state index is 12.9. The van der Waals surface area contributed by atoms with Crippen molar-refractivity contribution in [2.45, 2.75) is 11.3 Å². The number of nitrogens with zero attached hydrogens (tertiary/aromatic N) is 1. The Morgan fingerprint density at radius 2 is 1.63 bits per heavy atom. The standard InChI is InChI=1S/C22H24BrN3O3S/c1-26(2)20-8-3-7-19-18(20)6-4-9-21(19)30(28,29)15-5-14-24-22(27)25-17-12-10-16(23)11-13-17/h3-4,6-13H,5,14-15H2,1-2H3,(H2,24,25,27). The Kier molecular flexibility index (Phi) is 6.99. The van der Waals surface area contributed by atoms with Crippen LogP contribution in [0.1, 0.15) is 6.42 Å². The van der Waals surface area contributed by atoms with Gasteiger partial charge < -0.3 is 15.5 Å². The molecule has 0 aromatic heterocycles. The lowest BCUT2D eigenvalue weighted by molar-refractivity contribution is 0.252. The molecule has 0 saturated heterocycles. The van der Waals surface area contributed by atoms with Gasteiger partial charge in [-0.3, -0.25) is 0 Å². The van der Waals surface area contributed by atoms with Gasteiger partial charge in [0.25, 0.3) is 0 Å². The molecule has 0 unspecified atom stereocenters. The van der Waals surface area contributed by atoms with E-state index in [0.29, 0.717) is 22.4 Å². The first-order chi connectivity index (χ1) is 14.3. The normalized spacial score (nSPS) is 11.3. The van der Waals surface area contributed by atoms with Gasteiger partial charge in [0.1, 0.15) is 0 Å². The maximum atomic E-state index is 12.9. The van der Waals surface area contributed by atoms with Crippen LogP contribution in [-0.2, 0) is 9.84 Å². The molecule has 0 fully saturated rings. The molecule has 0 bridgehead atoms. The summed E-state index contributed by atoms with van der Waals surface area (Å²) in [5.41, 5.74) is 1.63. The van der Waals surface area contributed by atoms with Crippen LogP contribution >= 0.6 is 15.9 Å². The molecule has 2 N–H and O–H groups in total. The molecule has 6 nitrogen and oxygen atoms in total. The fraction of sp³-hybridized carbons (Fsp3) is 0.227. The van der Waals surface area contributed by atoms with Gasteiger partial charge in [-0.05, 0) is 42.8 Å². The summed E-state index contributed by atoms with van der Waals surface area (Å²) in [6.45, 7) is 0.259. The summed E-state index contributed by atoms with van der Waals surface area (Å²) in [5, 5.41) is 7.02. The largest absolute Gasteiger partial charge is 0.377 e. The number of hydrogen-bond acceptors (Lipinski definition) is 4. The molecule has 8 heteroatoms. The number of rotatable bonds is 7. The average Bonchev–Trinajstić information content (AvgIpc) is 2.72. The Bertz CT molecular complexity index is 1150. The van der Waals surface area contributed by atoms with Crippen molar-refractivity contribution in [1.29, 1.82) is 0 Å². The first-order valence-corrected chi connectivity index (χ1v) is 11.9. The highest BCUT2D eigenvalue weighted by Gasteiger charge is 2.18. The number of carbonyl (C=O) groups is 1. The van der Waals surface area contributed by atoms with Crippen molar-refractivity contribution in [2.75, 3.05) is 36.6 Å². The van der Waals surface area contributed by atoms with Crippen molar-refractivity contribution in [3.63, 3.8) is 0 Å². The van der Waals surface area contributed by atoms with Gasteiger partial charge in [0.2, 0.25) is 0 Å². The van der Waals surface area contributed by atoms with E-state index in [1.165, 1.54) is 0 Å². The van der Waals surface area contributed by atoms with Crippen molar-refractivity contribution >= 4 is 53.9 Å². The molecule has 0 radical (unpaired) electrons. The number of hydrogen-bond donors (Lipinski definition) is 2. The second kappa shape index (κ2) is 9.49. The smallest absolute Gasteiger partial charge is 0.319 e. The summed E-state index contributed by atoms with van der Waals surface area (Å²) in [6.07, 6.45) is 0.319. The van der Waals surface area contributed by atoms with Gasteiger partial charge >= 0.3 is 6.03 Å². The quantitative estimate of drug-likeness (QED) is 0.473. The zero-order chi connectivity index (χ0) is 21.7. The molecule has 0 aliphatic carbocycles. The third-order valence-corrected chi connectivity index (χ3v) is 7.03. The van der Waals surface area contributed by atoms with Crippen LogP contribution in [-0.4, -0.2) is 40.8 Å². The molecular formula is C22H24BrN3O3S. The van der Waals surface area contributed by atoms with Crippen LogP contribution in [0.3, 0.4) is 0 Å². The molecule has 0 saturated carbocycles. The van der Waals surface area contributed by atoms with E-state index >= 15 is 0 Å². The molecule has 0 aliphatic heterocycles. The van der Waals surface area contributed by atoms with E-state index in [-0.39, 0.29) is 18.3 Å². The topological polar surface area (TPSA) is 78.5 Å². The van der Waals surface area contributed by atoms with E-state index in [1.807, 2.05) is 55.4 Å². The number of anilines is 2. The van der Waals surface area contributed by atoms with Crippen LogP contribution in [0.15, 0.2) is 70.0 Å². The van der Waals surface area contributed by atoms with Gasteiger partial charge in [-0.25, -0.2) is 13.2 Å². The molecule has 2 amide bonds. The summed E-state index contributed by atoms with van der Waals surface area (Å²) in [4.78, 5) is 14.3. The van der Waals surface area contributed by atoms with Gasteiger partial charge in [-0.2, -0.15) is 0 Å². The number of nitrogens with one attached hydrogen (secondary N) is 2. The van der Waals surface area contributed by atoms with Crippen molar-refractivity contribution in [3.05, 3.63) is 65.1 Å². The minimum absolute atomic E-state index is 0.0448. The SMILES string of the molecule is CN(C)c1cccc2c(S(=O)(=O)CCCNC(=O)Nc3ccc(Br)cc3)cccc12. The van der Waals surface area contributed by atoms with Crippen LogP contribution in [0, 0.1) is 0 Å². The number of urea groups is 1. The second-order valence-electron chi connectivity index (χ2n) is 7.08. The summed E-state index contributed by atoms with van der Waals surface area (Å²) >= 11 is 3.34. The predicted octanol–water partition coefficient (Wildman–Crippen LogP) is 4.65. The van der Waals surface area contributed by atoms with Crippen LogP contribution in [0.5, 0.6) is 0 Å². The van der Waals surface area contributed by atoms with E-state index in [0.717, 1.165) is 15.5 Å². The number of fused-ring (bicyclic) bond motifs is 1. The van der Waals surface area contributed by atoms with Crippen LogP contribution in [0.25, 0.3) is 10.8 Å². The molecule has 3 aromatic rings. The predicted molar refractivity (Wildman–Crippen MR) is 126 cm³/mol. The van der Waals surface area contributed by atoms with Crippen LogP contribution < -0.4 is 15.5 Å². The van der Waals surface area contributed by atoms with Crippen molar-refractivity contribution < 1.29 is 13.2 Å². The van der Waals surface area contributed by atoms with Crippen molar-refractivity contribution in [3.8, 4) is 0 Å². The van der Waals surface area contributed by atoms with Gasteiger partial charge in [-0.1, -0.05) is 40.2 Å². The van der Waals surface area contributed by atoms with Crippen LogP contribution in [0.2, 0.25) is 0 Å². The number of sulfone groups is 1. The summed E-state index contributed by atoms with van der Waals surface area (Å²) in [5.74, 6) is -0.0448. The van der Waals surface area contributed by atoms with Crippen molar-refractivity contribution in [1.82, 2.24) is 5.32 Å². The fourth-order valence-corrected chi connectivity index (χ4v) is 5.02. The minimum Gasteiger partial charge on any atom is -0.377 e. The molecule has 3 aromatic carbocycles. The van der Waals surface area contributed by atoms with Gasteiger partial charge in [0, 0.05) is 47.3 Å². The first kappa shape index (κ1) is 22.1. The van der Waals surface area contributed by atoms with Gasteiger partial charge in [0.05, 0.1) is 10.6 Å². The van der Waals surface area contributed by atoms with Gasteiger partial charge in [-0.15, -0.1) is 0 Å². The molecule has 0 heterocycles. The lowest BCUT2D eigenvalue weighted by atomic mass is 10.1. The Morgan fingerprint density at radius 1 is 0.967 bits per heavy atom. The average molecular weight is 490 g/mol. The third-order valence-electron chi connectivity index (χ3n) is 4.65. The zero-order valence-corrected chi connectivity index (χ0v) is 19.3. The van der Waals surface area contributed by atoms with E-state index < -0.39 is 9.84 Å². The Morgan fingerprint density at radius 3 is 2.33 bits per heavy atom.